The van der Waals surface area contributed by atoms with Gasteiger partial charge in [-0.3, -0.25) is 0 Å². The van der Waals surface area contributed by atoms with Gasteiger partial charge in [0, 0.05) is 18.5 Å². The summed E-state index contributed by atoms with van der Waals surface area (Å²) in [5.41, 5.74) is 1.72. The third-order valence-corrected chi connectivity index (χ3v) is 4.81. The summed E-state index contributed by atoms with van der Waals surface area (Å²) < 4.78 is 10.5. The summed E-state index contributed by atoms with van der Waals surface area (Å²) in [5.74, 6) is 2.32. The fourth-order valence-electron chi connectivity index (χ4n) is 3.17. The minimum absolute atomic E-state index is 0.215. The highest BCUT2D eigenvalue weighted by atomic mass is 16.5. The van der Waals surface area contributed by atoms with Gasteiger partial charge >= 0.3 is 6.03 Å². The molecule has 2 aromatic heterocycles. The van der Waals surface area contributed by atoms with Crippen LogP contribution in [0.3, 0.4) is 0 Å². The van der Waals surface area contributed by atoms with Crippen LogP contribution in [0.5, 0.6) is 0 Å². The second-order valence-corrected chi connectivity index (χ2v) is 6.80. The van der Waals surface area contributed by atoms with Crippen molar-refractivity contribution in [2.24, 2.45) is 0 Å². The third-order valence-electron chi connectivity index (χ3n) is 4.81. The van der Waals surface area contributed by atoms with Gasteiger partial charge in [-0.2, -0.15) is 4.98 Å². The van der Waals surface area contributed by atoms with Crippen molar-refractivity contribution in [2.45, 2.75) is 65.0 Å². The molecule has 1 fully saturated rings. The van der Waals surface area contributed by atoms with E-state index in [4.69, 9.17) is 9.05 Å². The molecule has 25 heavy (non-hydrogen) atoms. The van der Waals surface area contributed by atoms with Crippen LogP contribution in [0, 0.1) is 13.8 Å². The van der Waals surface area contributed by atoms with Crippen LogP contribution < -0.4 is 5.32 Å². The summed E-state index contributed by atoms with van der Waals surface area (Å²) in [6.45, 7) is 5.97. The fourth-order valence-corrected chi connectivity index (χ4v) is 3.17. The molecule has 1 N–H and O–H groups in total. The van der Waals surface area contributed by atoms with Crippen molar-refractivity contribution in [3.05, 3.63) is 28.7 Å². The largest absolute Gasteiger partial charge is 0.361 e. The topological polar surface area (TPSA) is 97.3 Å². The van der Waals surface area contributed by atoms with Crippen molar-refractivity contribution in [3.63, 3.8) is 0 Å². The number of carbonyl (C=O) groups is 1. The first-order chi connectivity index (χ1) is 12.0. The molecule has 0 bridgehead atoms. The second kappa shape index (κ2) is 7.25. The van der Waals surface area contributed by atoms with Crippen molar-refractivity contribution in [3.8, 4) is 0 Å². The Balaban J connectivity index is 1.58. The van der Waals surface area contributed by atoms with E-state index in [1.165, 1.54) is 12.8 Å². The first kappa shape index (κ1) is 17.4. The van der Waals surface area contributed by atoms with E-state index in [9.17, 15) is 4.79 Å². The molecule has 8 nitrogen and oxygen atoms in total. The number of amides is 2. The highest BCUT2D eigenvalue weighted by molar-refractivity contribution is 5.74. The van der Waals surface area contributed by atoms with Gasteiger partial charge in [0.25, 0.3) is 0 Å². The highest BCUT2D eigenvalue weighted by Crippen LogP contribution is 2.32. The molecule has 2 aromatic rings. The Hall–Kier alpha value is -2.38. The van der Waals surface area contributed by atoms with Crippen LogP contribution in [-0.4, -0.2) is 33.3 Å². The minimum Gasteiger partial charge on any atom is -0.361 e. The summed E-state index contributed by atoms with van der Waals surface area (Å²) in [4.78, 5) is 18.5. The Kier molecular flexibility index (Phi) is 5.06. The van der Waals surface area contributed by atoms with E-state index >= 15 is 0 Å². The first-order valence-corrected chi connectivity index (χ1v) is 8.72. The minimum atomic E-state index is -0.345. The fraction of sp³-hybridized carbons (Fsp3) is 0.647. The van der Waals surface area contributed by atoms with E-state index in [2.05, 4.69) is 20.6 Å². The Morgan fingerprint density at radius 1 is 1.28 bits per heavy atom. The van der Waals surface area contributed by atoms with E-state index in [0.717, 1.165) is 35.7 Å². The number of aryl methyl sites for hydroxylation is 2. The number of urea groups is 1. The zero-order chi connectivity index (χ0) is 18.0. The molecular weight excluding hydrogens is 322 g/mol. The van der Waals surface area contributed by atoms with E-state index in [0.29, 0.717) is 18.4 Å². The van der Waals surface area contributed by atoms with Crippen LogP contribution in [0.15, 0.2) is 9.05 Å². The second-order valence-electron chi connectivity index (χ2n) is 6.80. The lowest BCUT2D eigenvalue weighted by Crippen LogP contribution is -2.38. The predicted molar refractivity (Wildman–Crippen MR) is 89.9 cm³/mol. The maximum atomic E-state index is 12.4. The van der Waals surface area contributed by atoms with Gasteiger partial charge in [0.1, 0.15) is 11.8 Å². The number of hydrogen-bond donors (Lipinski definition) is 1. The Bertz CT molecular complexity index is 713. The molecule has 1 atom stereocenters. The lowest BCUT2D eigenvalue weighted by atomic mass is 10.1. The van der Waals surface area contributed by atoms with Gasteiger partial charge in [-0.05, 0) is 33.6 Å². The van der Waals surface area contributed by atoms with Gasteiger partial charge in [-0.15, -0.1) is 0 Å². The van der Waals surface area contributed by atoms with Gasteiger partial charge < -0.3 is 19.3 Å². The first-order valence-electron chi connectivity index (χ1n) is 8.72. The van der Waals surface area contributed by atoms with Crippen molar-refractivity contribution in [2.75, 3.05) is 7.05 Å². The molecule has 2 amide bonds. The number of nitrogens with zero attached hydrogens (tertiary/aromatic N) is 4. The van der Waals surface area contributed by atoms with Crippen molar-refractivity contribution in [1.29, 1.82) is 0 Å². The standard InChI is InChI=1S/C17H25N5O3/c1-10-14(12(3)24-20-10)9-22(4)17(23)18-11(2)16-19-15(21-25-16)13-7-5-6-8-13/h11,13H,5-9H2,1-4H3,(H,18,23). The van der Waals surface area contributed by atoms with Gasteiger partial charge in [0.15, 0.2) is 5.82 Å². The molecule has 0 saturated heterocycles. The number of hydrogen-bond acceptors (Lipinski definition) is 6. The molecule has 2 heterocycles. The van der Waals surface area contributed by atoms with Gasteiger partial charge in [0.05, 0.1) is 12.2 Å². The zero-order valence-corrected chi connectivity index (χ0v) is 15.2. The molecule has 1 aliphatic carbocycles. The number of rotatable bonds is 5. The zero-order valence-electron chi connectivity index (χ0n) is 15.2. The Morgan fingerprint density at radius 2 is 2.00 bits per heavy atom. The molecule has 3 rings (SSSR count). The monoisotopic (exact) mass is 347 g/mol. The molecule has 0 radical (unpaired) electrons. The molecule has 1 unspecified atom stereocenters. The van der Waals surface area contributed by atoms with E-state index in [1.807, 2.05) is 20.8 Å². The average molecular weight is 347 g/mol. The van der Waals surface area contributed by atoms with Crippen LogP contribution >= 0.6 is 0 Å². The van der Waals surface area contributed by atoms with Crippen molar-refractivity contribution in [1.82, 2.24) is 25.5 Å². The molecule has 1 aliphatic rings. The molecule has 0 aromatic carbocycles. The summed E-state index contributed by atoms with van der Waals surface area (Å²) in [6, 6.07) is -0.560. The predicted octanol–water partition coefficient (Wildman–Crippen LogP) is 3.23. The molecule has 0 spiro atoms. The van der Waals surface area contributed by atoms with Crippen LogP contribution in [0.2, 0.25) is 0 Å². The summed E-state index contributed by atoms with van der Waals surface area (Å²) >= 11 is 0. The van der Waals surface area contributed by atoms with Crippen LogP contribution in [-0.2, 0) is 6.54 Å². The molecular formula is C17H25N5O3. The Morgan fingerprint density at radius 3 is 2.64 bits per heavy atom. The maximum Gasteiger partial charge on any atom is 0.318 e. The average Bonchev–Trinajstić information content (AvgIpc) is 3.31. The third kappa shape index (κ3) is 3.83. The number of aromatic nitrogens is 3. The van der Waals surface area contributed by atoms with E-state index in [-0.39, 0.29) is 12.1 Å². The normalized spacial score (nSPS) is 16.2. The maximum absolute atomic E-state index is 12.4. The summed E-state index contributed by atoms with van der Waals surface area (Å²) in [5, 5.41) is 10.9. The summed E-state index contributed by atoms with van der Waals surface area (Å²) in [6.07, 6.45) is 4.65. The number of carbonyl (C=O) groups excluding carboxylic acids is 1. The van der Waals surface area contributed by atoms with E-state index in [1.54, 1.807) is 11.9 Å². The SMILES string of the molecule is Cc1noc(C)c1CN(C)C(=O)NC(C)c1nc(C2CCCC2)no1. The lowest BCUT2D eigenvalue weighted by molar-refractivity contribution is 0.200. The van der Waals surface area contributed by atoms with Crippen LogP contribution in [0.25, 0.3) is 0 Å². The molecule has 136 valence electrons. The van der Waals surface area contributed by atoms with Gasteiger partial charge in [-0.25, -0.2) is 4.79 Å². The Labute approximate surface area is 146 Å². The quantitative estimate of drug-likeness (QED) is 0.892. The molecule has 0 aliphatic heterocycles. The lowest BCUT2D eigenvalue weighted by Gasteiger charge is -2.19. The number of nitrogens with one attached hydrogen (secondary N) is 1. The van der Waals surface area contributed by atoms with Gasteiger partial charge in [-0.1, -0.05) is 23.2 Å². The van der Waals surface area contributed by atoms with Crippen LogP contribution in [0.1, 0.15) is 73.3 Å². The van der Waals surface area contributed by atoms with Gasteiger partial charge in [0.2, 0.25) is 5.89 Å². The molecule has 8 heteroatoms. The van der Waals surface area contributed by atoms with Crippen molar-refractivity contribution < 1.29 is 13.8 Å². The van der Waals surface area contributed by atoms with Crippen molar-refractivity contribution >= 4 is 6.03 Å². The summed E-state index contributed by atoms with van der Waals surface area (Å²) in [7, 11) is 1.73. The van der Waals surface area contributed by atoms with E-state index < -0.39 is 0 Å². The van der Waals surface area contributed by atoms with Crippen LogP contribution in [0.4, 0.5) is 4.79 Å². The highest BCUT2D eigenvalue weighted by Gasteiger charge is 2.25. The molecule has 1 saturated carbocycles. The smallest absolute Gasteiger partial charge is 0.318 e.